The van der Waals surface area contributed by atoms with Crippen molar-refractivity contribution >= 4 is 17.3 Å². The van der Waals surface area contributed by atoms with Gasteiger partial charge in [-0.3, -0.25) is 9.78 Å². The van der Waals surface area contributed by atoms with Gasteiger partial charge < -0.3 is 15.4 Å². The molecule has 0 spiro atoms. The Balaban J connectivity index is 1.57. The van der Waals surface area contributed by atoms with E-state index in [9.17, 15) is 4.79 Å². The number of hydrogen-bond donors (Lipinski definition) is 2. The molecule has 27 heavy (non-hydrogen) atoms. The molecule has 1 amide bonds. The molecule has 2 aromatic carbocycles. The number of rotatable bonds is 7. The van der Waals surface area contributed by atoms with Crippen LogP contribution in [0.5, 0.6) is 5.75 Å². The highest BCUT2D eigenvalue weighted by Gasteiger charge is 2.08. The number of carbonyl (C=O) groups excluding carboxylic acids is 1. The second-order valence-corrected chi connectivity index (χ2v) is 6.22. The lowest BCUT2D eigenvalue weighted by Gasteiger charge is -2.10. The Kier molecular flexibility index (Phi) is 6.05. The molecule has 0 aliphatic heterocycles. The second-order valence-electron chi connectivity index (χ2n) is 6.22. The summed E-state index contributed by atoms with van der Waals surface area (Å²) in [5, 5.41) is 6.25. The molecule has 0 saturated carbocycles. The predicted molar refractivity (Wildman–Crippen MR) is 108 cm³/mol. The molecule has 0 atom stereocenters. The zero-order valence-electron chi connectivity index (χ0n) is 15.5. The minimum Gasteiger partial charge on any atom is -0.497 e. The van der Waals surface area contributed by atoms with E-state index in [1.807, 2.05) is 61.5 Å². The molecule has 0 bridgehead atoms. The minimum atomic E-state index is -0.183. The number of carbonyl (C=O) groups is 1. The number of pyridine rings is 1. The summed E-state index contributed by atoms with van der Waals surface area (Å²) in [7, 11) is 1.64. The highest BCUT2D eigenvalue weighted by molar-refractivity contribution is 5.93. The normalized spacial score (nSPS) is 10.3. The van der Waals surface area contributed by atoms with Gasteiger partial charge in [-0.1, -0.05) is 30.3 Å². The fraction of sp³-hybridized carbons (Fsp3) is 0.182. The maximum Gasteiger partial charge on any atom is 0.269 e. The fourth-order valence-corrected chi connectivity index (χ4v) is 2.70. The molecular formula is C22H23N3O2. The Morgan fingerprint density at radius 1 is 1.07 bits per heavy atom. The summed E-state index contributed by atoms with van der Waals surface area (Å²) in [6.45, 7) is 2.58. The van der Waals surface area contributed by atoms with Crippen LogP contribution in [0.1, 0.15) is 21.6 Å². The van der Waals surface area contributed by atoms with Crippen LogP contribution in [-0.4, -0.2) is 24.5 Å². The van der Waals surface area contributed by atoms with Crippen molar-refractivity contribution in [3.63, 3.8) is 0 Å². The topological polar surface area (TPSA) is 63.2 Å². The van der Waals surface area contributed by atoms with Crippen LogP contribution >= 0.6 is 0 Å². The monoisotopic (exact) mass is 361 g/mol. The van der Waals surface area contributed by atoms with Gasteiger partial charge in [0.05, 0.1) is 7.11 Å². The lowest BCUT2D eigenvalue weighted by atomic mass is 10.1. The molecule has 0 fully saturated rings. The Morgan fingerprint density at radius 2 is 1.85 bits per heavy atom. The number of benzene rings is 2. The molecule has 0 unspecified atom stereocenters. The van der Waals surface area contributed by atoms with E-state index in [2.05, 4.69) is 15.6 Å². The van der Waals surface area contributed by atoms with Crippen molar-refractivity contribution in [1.29, 1.82) is 0 Å². The largest absolute Gasteiger partial charge is 0.497 e. The quantitative estimate of drug-likeness (QED) is 0.665. The molecule has 1 heterocycles. The van der Waals surface area contributed by atoms with Crippen molar-refractivity contribution in [3.05, 3.63) is 83.7 Å². The number of ether oxygens (including phenoxy) is 1. The number of hydrogen-bond acceptors (Lipinski definition) is 4. The summed E-state index contributed by atoms with van der Waals surface area (Å²) in [5.74, 6) is 0.641. The summed E-state index contributed by atoms with van der Waals surface area (Å²) in [4.78, 5) is 16.6. The molecule has 0 aliphatic rings. The fourth-order valence-electron chi connectivity index (χ4n) is 2.70. The number of anilines is 2. The molecule has 3 aromatic rings. The maximum absolute atomic E-state index is 12.4. The number of aryl methyl sites for hydroxylation is 1. The summed E-state index contributed by atoms with van der Waals surface area (Å²) in [5.41, 5.74) is 4.51. The summed E-state index contributed by atoms with van der Waals surface area (Å²) < 4.78 is 5.15. The third-order valence-electron chi connectivity index (χ3n) is 4.27. The molecule has 5 nitrogen and oxygen atoms in total. The van der Waals surface area contributed by atoms with Gasteiger partial charge in [0.1, 0.15) is 11.4 Å². The Morgan fingerprint density at radius 3 is 2.59 bits per heavy atom. The number of nitrogens with zero attached hydrogens (tertiary/aromatic N) is 1. The molecule has 3 rings (SSSR count). The predicted octanol–water partition coefficient (Wildman–Crippen LogP) is 4.11. The lowest BCUT2D eigenvalue weighted by molar-refractivity contribution is 0.0949. The summed E-state index contributed by atoms with van der Waals surface area (Å²) in [6, 6.07) is 19.4. The third-order valence-corrected chi connectivity index (χ3v) is 4.27. The van der Waals surface area contributed by atoms with Gasteiger partial charge in [-0.2, -0.15) is 0 Å². The van der Waals surface area contributed by atoms with E-state index in [1.54, 1.807) is 19.4 Å². The average molecular weight is 361 g/mol. The van der Waals surface area contributed by atoms with Crippen LogP contribution in [0.4, 0.5) is 11.4 Å². The van der Waals surface area contributed by atoms with Crippen LogP contribution in [0.2, 0.25) is 0 Å². The highest BCUT2D eigenvalue weighted by atomic mass is 16.5. The van der Waals surface area contributed by atoms with Crippen molar-refractivity contribution in [2.24, 2.45) is 0 Å². The Bertz CT molecular complexity index is 907. The number of para-hydroxylation sites is 1. The first-order valence-corrected chi connectivity index (χ1v) is 8.85. The minimum absolute atomic E-state index is 0.183. The lowest BCUT2D eigenvalue weighted by Crippen LogP contribution is -2.26. The maximum atomic E-state index is 12.4. The number of aromatic nitrogens is 1. The standard InChI is InChI=1S/C22H23N3O2/c1-16-5-3-4-6-20(16)25-18-12-14-23-21(15-18)22(26)24-13-11-17-7-9-19(27-2)10-8-17/h3-10,12,14-15H,11,13H2,1-2H3,(H,23,25)(H,24,26). The first kappa shape index (κ1) is 18.5. The number of nitrogens with one attached hydrogen (secondary N) is 2. The molecule has 0 radical (unpaired) electrons. The van der Waals surface area contributed by atoms with E-state index in [0.29, 0.717) is 12.2 Å². The first-order chi connectivity index (χ1) is 13.2. The molecule has 5 heteroatoms. The summed E-state index contributed by atoms with van der Waals surface area (Å²) in [6.07, 6.45) is 2.38. The van der Waals surface area contributed by atoms with Gasteiger partial charge >= 0.3 is 0 Å². The van der Waals surface area contributed by atoms with Crippen LogP contribution in [0.25, 0.3) is 0 Å². The van der Waals surface area contributed by atoms with Crippen LogP contribution in [-0.2, 0) is 6.42 Å². The van der Waals surface area contributed by atoms with Gasteiger partial charge in [-0.05, 0) is 54.8 Å². The zero-order valence-corrected chi connectivity index (χ0v) is 15.5. The summed E-state index contributed by atoms with van der Waals surface area (Å²) >= 11 is 0. The smallest absolute Gasteiger partial charge is 0.269 e. The number of methoxy groups -OCH3 is 1. The average Bonchev–Trinajstić information content (AvgIpc) is 2.70. The molecular weight excluding hydrogens is 338 g/mol. The number of amides is 1. The second kappa shape index (κ2) is 8.85. The molecule has 138 valence electrons. The van der Waals surface area contributed by atoms with Crippen molar-refractivity contribution in [2.45, 2.75) is 13.3 Å². The van der Waals surface area contributed by atoms with Gasteiger partial charge in [0, 0.05) is 24.1 Å². The van der Waals surface area contributed by atoms with Crippen LogP contribution in [0.3, 0.4) is 0 Å². The van der Waals surface area contributed by atoms with E-state index in [4.69, 9.17) is 4.74 Å². The van der Waals surface area contributed by atoms with Gasteiger partial charge in [0.25, 0.3) is 5.91 Å². The highest BCUT2D eigenvalue weighted by Crippen LogP contribution is 2.20. The molecule has 2 N–H and O–H groups in total. The Hall–Kier alpha value is -3.34. The third kappa shape index (κ3) is 5.07. The van der Waals surface area contributed by atoms with Crippen molar-refractivity contribution < 1.29 is 9.53 Å². The first-order valence-electron chi connectivity index (χ1n) is 8.85. The van der Waals surface area contributed by atoms with Crippen molar-refractivity contribution in [3.8, 4) is 5.75 Å². The van der Waals surface area contributed by atoms with Gasteiger partial charge in [0.2, 0.25) is 0 Å². The van der Waals surface area contributed by atoms with Gasteiger partial charge in [-0.25, -0.2) is 0 Å². The van der Waals surface area contributed by atoms with E-state index >= 15 is 0 Å². The van der Waals surface area contributed by atoms with Crippen LogP contribution < -0.4 is 15.4 Å². The van der Waals surface area contributed by atoms with Gasteiger partial charge in [0.15, 0.2) is 0 Å². The zero-order chi connectivity index (χ0) is 19.1. The van der Waals surface area contributed by atoms with Gasteiger partial charge in [-0.15, -0.1) is 0 Å². The van der Waals surface area contributed by atoms with Crippen molar-refractivity contribution in [2.75, 3.05) is 19.0 Å². The van der Waals surface area contributed by atoms with E-state index in [1.165, 1.54) is 0 Å². The van der Waals surface area contributed by atoms with Crippen LogP contribution in [0, 0.1) is 6.92 Å². The Labute approximate surface area is 159 Å². The van der Waals surface area contributed by atoms with E-state index < -0.39 is 0 Å². The van der Waals surface area contributed by atoms with Crippen molar-refractivity contribution in [1.82, 2.24) is 10.3 Å². The molecule has 0 saturated heterocycles. The van der Waals surface area contributed by atoms with Crippen LogP contribution in [0.15, 0.2) is 66.9 Å². The van der Waals surface area contributed by atoms with E-state index in [-0.39, 0.29) is 5.91 Å². The molecule has 0 aliphatic carbocycles. The SMILES string of the molecule is COc1ccc(CCNC(=O)c2cc(Nc3ccccc3C)ccn2)cc1. The van der Waals surface area contributed by atoms with E-state index in [0.717, 1.165) is 34.7 Å². The molecule has 1 aromatic heterocycles.